The van der Waals surface area contributed by atoms with Crippen LogP contribution in [0.3, 0.4) is 0 Å². The molecular formula is C15H24ClNO3. The third-order valence-corrected chi connectivity index (χ3v) is 3.17. The zero-order valence-electron chi connectivity index (χ0n) is 12.4. The van der Waals surface area contributed by atoms with E-state index in [2.05, 4.69) is 12.2 Å². The average Bonchev–Trinajstić information content (AvgIpc) is 2.45. The lowest BCUT2D eigenvalue weighted by Crippen LogP contribution is -2.19. The topological polar surface area (TPSA) is 50.7 Å². The molecule has 0 saturated heterocycles. The predicted octanol–water partition coefficient (Wildman–Crippen LogP) is 3.00. The third kappa shape index (κ3) is 5.19. The van der Waals surface area contributed by atoms with Gasteiger partial charge in [-0.05, 0) is 25.5 Å². The maximum atomic E-state index is 9.63. The van der Waals surface area contributed by atoms with Crippen LogP contribution in [0.25, 0.3) is 0 Å². The summed E-state index contributed by atoms with van der Waals surface area (Å²) in [5.41, 5.74) is 0.936. The Hall–Kier alpha value is -0.970. The second-order valence-electron chi connectivity index (χ2n) is 4.65. The number of halogens is 1. The Morgan fingerprint density at radius 1 is 1.35 bits per heavy atom. The van der Waals surface area contributed by atoms with Gasteiger partial charge in [0, 0.05) is 23.2 Å². The van der Waals surface area contributed by atoms with Crippen molar-refractivity contribution in [2.75, 3.05) is 20.3 Å². The minimum atomic E-state index is -0.480. The highest BCUT2D eigenvalue weighted by atomic mass is 35.5. The second kappa shape index (κ2) is 9.06. The van der Waals surface area contributed by atoms with E-state index in [9.17, 15) is 5.11 Å². The van der Waals surface area contributed by atoms with Crippen molar-refractivity contribution in [3.8, 4) is 11.5 Å². The van der Waals surface area contributed by atoms with Gasteiger partial charge in [-0.2, -0.15) is 0 Å². The molecule has 0 fully saturated rings. The molecule has 5 heteroatoms. The molecule has 0 radical (unpaired) electrons. The predicted molar refractivity (Wildman–Crippen MR) is 81.8 cm³/mol. The minimum absolute atomic E-state index is 0.245. The standard InChI is InChI=1S/C15H24ClNO3/c1-4-6-17-9-11-7-12(16)8-14(19-3)15(11)20-10-13(18)5-2/h7-8,13,17-18H,4-6,9-10H2,1-3H3. The summed E-state index contributed by atoms with van der Waals surface area (Å²) in [4.78, 5) is 0. The van der Waals surface area contributed by atoms with Gasteiger partial charge >= 0.3 is 0 Å². The highest BCUT2D eigenvalue weighted by Gasteiger charge is 2.14. The first-order chi connectivity index (χ1) is 9.62. The molecule has 1 rings (SSSR count). The molecule has 0 amide bonds. The number of aliphatic hydroxyl groups excluding tert-OH is 1. The van der Waals surface area contributed by atoms with E-state index in [4.69, 9.17) is 21.1 Å². The van der Waals surface area contributed by atoms with Crippen LogP contribution in [0.2, 0.25) is 5.02 Å². The Kier molecular flexibility index (Phi) is 7.73. The molecule has 1 aromatic carbocycles. The van der Waals surface area contributed by atoms with Crippen molar-refractivity contribution in [3.05, 3.63) is 22.7 Å². The van der Waals surface area contributed by atoms with Gasteiger partial charge in [0.25, 0.3) is 0 Å². The number of benzene rings is 1. The molecule has 1 atom stereocenters. The normalized spacial score (nSPS) is 12.2. The van der Waals surface area contributed by atoms with Crippen LogP contribution in [0.15, 0.2) is 12.1 Å². The van der Waals surface area contributed by atoms with E-state index in [1.165, 1.54) is 0 Å². The molecule has 0 aliphatic heterocycles. The summed E-state index contributed by atoms with van der Waals surface area (Å²) >= 11 is 6.09. The van der Waals surface area contributed by atoms with Crippen molar-refractivity contribution >= 4 is 11.6 Å². The molecule has 0 aromatic heterocycles. The molecule has 1 aromatic rings. The maximum Gasteiger partial charge on any atom is 0.165 e. The lowest BCUT2D eigenvalue weighted by molar-refractivity contribution is 0.102. The number of hydrogen-bond acceptors (Lipinski definition) is 4. The van der Waals surface area contributed by atoms with Crippen molar-refractivity contribution in [3.63, 3.8) is 0 Å². The van der Waals surface area contributed by atoms with Crippen molar-refractivity contribution < 1.29 is 14.6 Å². The number of nitrogens with one attached hydrogen (secondary N) is 1. The van der Waals surface area contributed by atoms with Crippen LogP contribution in [0, 0.1) is 0 Å². The molecule has 4 nitrogen and oxygen atoms in total. The number of ether oxygens (including phenoxy) is 2. The molecule has 0 saturated carbocycles. The van der Waals surface area contributed by atoms with Crippen LogP contribution in [0.4, 0.5) is 0 Å². The summed E-state index contributed by atoms with van der Waals surface area (Å²) in [6, 6.07) is 3.58. The van der Waals surface area contributed by atoms with Gasteiger partial charge in [0.1, 0.15) is 6.61 Å². The van der Waals surface area contributed by atoms with Crippen LogP contribution in [0.5, 0.6) is 11.5 Å². The summed E-state index contributed by atoms with van der Waals surface area (Å²) in [7, 11) is 1.58. The molecule has 0 bridgehead atoms. The molecule has 20 heavy (non-hydrogen) atoms. The summed E-state index contributed by atoms with van der Waals surface area (Å²) < 4.78 is 11.0. The molecular weight excluding hydrogens is 278 g/mol. The molecule has 0 heterocycles. The lowest BCUT2D eigenvalue weighted by atomic mass is 10.1. The van der Waals surface area contributed by atoms with Crippen LogP contribution in [-0.4, -0.2) is 31.5 Å². The molecule has 0 aliphatic rings. The van der Waals surface area contributed by atoms with Gasteiger partial charge in [-0.25, -0.2) is 0 Å². The van der Waals surface area contributed by atoms with E-state index >= 15 is 0 Å². The molecule has 0 aliphatic carbocycles. The maximum absolute atomic E-state index is 9.63. The Labute approximate surface area is 126 Å². The van der Waals surface area contributed by atoms with E-state index in [1.54, 1.807) is 13.2 Å². The fourth-order valence-corrected chi connectivity index (χ4v) is 2.00. The van der Waals surface area contributed by atoms with Gasteiger partial charge in [0.2, 0.25) is 0 Å². The van der Waals surface area contributed by atoms with Crippen LogP contribution >= 0.6 is 11.6 Å². The summed E-state index contributed by atoms with van der Waals surface area (Å²) in [5.74, 6) is 1.24. The van der Waals surface area contributed by atoms with Gasteiger partial charge < -0.3 is 19.9 Å². The first-order valence-corrected chi connectivity index (χ1v) is 7.38. The fraction of sp³-hybridized carbons (Fsp3) is 0.600. The third-order valence-electron chi connectivity index (χ3n) is 2.95. The Morgan fingerprint density at radius 2 is 2.10 bits per heavy atom. The summed E-state index contributed by atoms with van der Waals surface area (Å²) in [6.07, 6.45) is 1.23. The van der Waals surface area contributed by atoms with Crippen molar-refractivity contribution in [2.24, 2.45) is 0 Å². The largest absolute Gasteiger partial charge is 0.493 e. The highest BCUT2D eigenvalue weighted by Crippen LogP contribution is 2.34. The SMILES string of the molecule is CCCNCc1cc(Cl)cc(OC)c1OCC(O)CC. The Bertz CT molecular complexity index is 412. The van der Waals surface area contributed by atoms with Gasteiger partial charge in [-0.15, -0.1) is 0 Å². The first kappa shape index (κ1) is 17.1. The van der Waals surface area contributed by atoms with Gasteiger partial charge in [0.15, 0.2) is 11.5 Å². The fourth-order valence-electron chi connectivity index (χ4n) is 1.77. The Morgan fingerprint density at radius 3 is 2.70 bits per heavy atom. The number of aliphatic hydroxyl groups is 1. The van der Waals surface area contributed by atoms with E-state index in [-0.39, 0.29) is 6.61 Å². The zero-order valence-corrected chi connectivity index (χ0v) is 13.2. The zero-order chi connectivity index (χ0) is 15.0. The number of hydrogen-bond donors (Lipinski definition) is 2. The smallest absolute Gasteiger partial charge is 0.165 e. The van der Waals surface area contributed by atoms with Crippen LogP contribution in [-0.2, 0) is 6.54 Å². The molecule has 1 unspecified atom stereocenters. The number of rotatable bonds is 9. The lowest BCUT2D eigenvalue weighted by Gasteiger charge is -2.17. The highest BCUT2D eigenvalue weighted by molar-refractivity contribution is 6.30. The Balaban J connectivity index is 2.90. The average molecular weight is 302 g/mol. The minimum Gasteiger partial charge on any atom is -0.493 e. The number of methoxy groups -OCH3 is 1. The molecule has 2 N–H and O–H groups in total. The summed E-state index contributed by atoms with van der Waals surface area (Å²) in [5, 5.41) is 13.6. The van der Waals surface area contributed by atoms with Crippen molar-refractivity contribution in [1.29, 1.82) is 0 Å². The van der Waals surface area contributed by atoms with Crippen LogP contribution < -0.4 is 14.8 Å². The van der Waals surface area contributed by atoms with E-state index in [0.717, 1.165) is 18.5 Å². The van der Waals surface area contributed by atoms with Crippen LogP contribution in [0.1, 0.15) is 32.3 Å². The van der Waals surface area contributed by atoms with Gasteiger partial charge in [-0.1, -0.05) is 25.4 Å². The van der Waals surface area contributed by atoms with Gasteiger partial charge in [-0.3, -0.25) is 0 Å². The molecule has 0 spiro atoms. The summed E-state index contributed by atoms with van der Waals surface area (Å²) in [6.45, 7) is 5.85. The van der Waals surface area contributed by atoms with E-state index < -0.39 is 6.10 Å². The van der Waals surface area contributed by atoms with Crippen molar-refractivity contribution in [1.82, 2.24) is 5.32 Å². The van der Waals surface area contributed by atoms with Crippen molar-refractivity contribution in [2.45, 2.75) is 39.3 Å². The second-order valence-corrected chi connectivity index (χ2v) is 5.08. The quantitative estimate of drug-likeness (QED) is 0.689. The van der Waals surface area contributed by atoms with E-state index in [0.29, 0.717) is 29.5 Å². The molecule has 114 valence electrons. The first-order valence-electron chi connectivity index (χ1n) is 7.00. The van der Waals surface area contributed by atoms with E-state index in [1.807, 2.05) is 13.0 Å². The van der Waals surface area contributed by atoms with Gasteiger partial charge in [0.05, 0.1) is 13.2 Å². The monoisotopic (exact) mass is 301 g/mol.